The van der Waals surface area contributed by atoms with Gasteiger partial charge in [0.25, 0.3) is 0 Å². The molecule has 0 spiro atoms. The lowest BCUT2D eigenvalue weighted by molar-refractivity contribution is 0.0729. The highest BCUT2D eigenvalue weighted by molar-refractivity contribution is 7.11. The lowest BCUT2D eigenvalue weighted by Gasteiger charge is -2.10. The highest BCUT2D eigenvalue weighted by atomic mass is 32.1. The standard InChI is InChI=1S/C21H15FN2O3S/c1-13-12-28-20(24-13)16(11-23)9-14-3-8-18(19(10-14)26-2)27-21(25)15-4-6-17(22)7-5-15/h3-10,12H,1-2H3. The number of nitriles is 1. The molecule has 0 amide bonds. The van der Waals surface area contributed by atoms with Crippen LogP contribution in [-0.2, 0) is 0 Å². The summed E-state index contributed by atoms with van der Waals surface area (Å²) in [6.45, 7) is 1.86. The number of carbonyl (C=O) groups excluding carboxylic acids is 1. The van der Waals surface area contributed by atoms with Crippen LogP contribution in [0.4, 0.5) is 4.39 Å². The molecular formula is C21H15FN2O3S. The van der Waals surface area contributed by atoms with Crippen LogP contribution in [0.1, 0.15) is 26.6 Å². The number of carbonyl (C=O) groups is 1. The molecule has 5 nitrogen and oxygen atoms in total. The molecule has 2 aromatic carbocycles. The van der Waals surface area contributed by atoms with Gasteiger partial charge in [-0.25, -0.2) is 14.2 Å². The third-order valence-corrected chi connectivity index (χ3v) is 4.74. The van der Waals surface area contributed by atoms with Gasteiger partial charge in [0.2, 0.25) is 0 Å². The number of benzene rings is 2. The second-order valence-corrected chi connectivity index (χ2v) is 6.63. The Morgan fingerprint density at radius 2 is 1.96 bits per heavy atom. The van der Waals surface area contributed by atoms with Gasteiger partial charge in [0.15, 0.2) is 11.5 Å². The number of methoxy groups -OCH3 is 1. The number of aryl methyl sites for hydroxylation is 1. The number of halogens is 1. The maximum atomic E-state index is 13.0. The molecule has 0 saturated carbocycles. The van der Waals surface area contributed by atoms with E-state index in [1.807, 2.05) is 12.3 Å². The van der Waals surface area contributed by atoms with Crippen LogP contribution >= 0.6 is 11.3 Å². The molecule has 0 atom stereocenters. The van der Waals surface area contributed by atoms with Gasteiger partial charge in [0, 0.05) is 11.1 Å². The molecule has 3 rings (SSSR count). The Kier molecular flexibility index (Phi) is 5.82. The Morgan fingerprint density at radius 1 is 1.21 bits per heavy atom. The summed E-state index contributed by atoms with van der Waals surface area (Å²) in [5, 5.41) is 11.9. The summed E-state index contributed by atoms with van der Waals surface area (Å²) in [4.78, 5) is 16.5. The van der Waals surface area contributed by atoms with Crippen LogP contribution < -0.4 is 9.47 Å². The highest BCUT2D eigenvalue weighted by Gasteiger charge is 2.13. The van der Waals surface area contributed by atoms with Crippen molar-refractivity contribution < 1.29 is 18.7 Å². The molecule has 0 aliphatic carbocycles. The van der Waals surface area contributed by atoms with Crippen molar-refractivity contribution in [1.29, 1.82) is 5.26 Å². The van der Waals surface area contributed by atoms with Crippen molar-refractivity contribution in [3.8, 4) is 17.6 Å². The van der Waals surface area contributed by atoms with E-state index in [0.29, 0.717) is 21.9 Å². The summed E-state index contributed by atoms with van der Waals surface area (Å²) in [7, 11) is 1.45. The summed E-state index contributed by atoms with van der Waals surface area (Å²) in [6, 6.07) is 12.1. The lowest BCUT2D eigenvalue weighted by Crippen LogP contribution is -2.09. The molecule has 0 bridgehead atoms. The zero-order valence-electron chi connectivity index (χ0n) is 15.1. The molecule has 0 saturated heterocycles. The van der Waals surface area contributed by atoms with Gasteiger partial charge in [-0.05, 0) is 55.0 Å². The van der Waals surface area contributed by atoms with Crippen molar-refractivity contribution in [3.05, 3.63) is 75.5 Å². The van der Waals surface area contributed by atoms with Gasteiger partial charge < -0.3 is 9.47 Å². The fourth-order valence-electron chi connectivity index (χ4n) is 2.39. The Morgan fingerprint density at radius 3 is 2.57 bits per heavy atom. The smallest absolute Gasteiger partial charge is 0.343 e. The van der Waals surface area contributed by atoms with E-state index in [-0.39, 0.29) is 11.3 Å². The van der Waals surface area contributed by atoms with Crippen LogP contribution in [0.3, 0.4) is 0 Å². The SMILES string of the molecule is COc1cc(C=C(C#N)c2nc(C)cs2)ccc1OC(=O)c1ccc(F)cc1. The number of thiazole rings is 1. The van der Waals surface area contributed by atoms with Crippen LogP contribution in [0, 0.1) is 24.1 Å². The zero-order chi connectivity index (χ0) is 20.1. The molecule has 0 aliphatic heterocycles. The minimum absolute atomic E-state index is 0.220. The normalized spacial score (nSPS) is 11.0. The lowest BCUT2D eigenvalue weighted by atomic mass is 10.1. The molecule has 1 aromatic heterocycles. The van der Waals surface area contributed by atoms with Crippen molar-refractivity contribution in [2.75, 3.05) is 7.11 Å². The molecule has 0 unspecified atom stereocenters. The third kappa shape index (κ3) is 4.42. The van der Waals surface area contributed by atoms with Gasteiger partial charge in [-0.3, -0.25) is 0 Å². The van der Waals surface area contributed by atoms with Crippen LogP contribution in [0.2, 0.25) is 0 Å². The van der Waals surface area contributed by atoms with Crippen LogP contribution in [-0.4, -0.2) is 18.1 Å². The molecule has 140 valence electrons. The number of nitrogens with zero attached hydrogens (tertiary/aromatic N) is 2. The summed E-state index contributed by atoms with van der Waals surface area (Å²) in [5.74, 6) is -0.513. The van der Waals surface area contributed by atoms with Gasteiger partial charge in [-0.15, -0.1) is 11.3 Å². The quantitative estimate of drug-likeness (QED) is 0.350. The Labute approximate surface area is 165 Å². The van der Waals surface area contributed by atoms with Crippen molar-refractivity contribution >= 4 is 29.0 Å². The van der Waals surface area contributed by atoms with Crippen molar-refractivity contribution in [2.24, 2.45) is 0 Å². The van der Waals surface area contributed by atoms with E-state index in [4.69, 9.17) is 9.47 Å². The van der Waals surface area contributed by atoms with Crippen LogP contribution in [0.15, 0.2) is 47.8 Å². The minimum Gasteiger partial charge on any atom is -0.493 e. The second kappa shape index (κ2) is 8.46. The van der Waals surface area contributed by atoms with Crippen molar-refractivity contribution in [1.82, 2.24) is 4.98 Å². The highest BCUT2D eigenvalue weighted by Crippen LogP contribution is 2.31. The summed E-state index contributed by atoms with van der Waals surface area (Å²) in [6.07, 6.45) is 1.69. The Bertz CT molecular complexity index is 1080. The predicted molar refractivity (Wildman–Crippen MR) is 105 cm³/mol. The maximum absolute atomic E-state index is 13.0. The first kappa shape index (κ1) is 19.3. The maximum Gasteiger partial charge on any atom is 0.343 e. The Balaban J connectivity index is 1.86. The predicted octanol–water partition coefficient (Wildman–Crippen LogP) is 4.88. The van der Waals surface area contributed by atoms with Gasteiger partial charge in [0.1, 0.15) is 16.9 Å². The van der Waals surface area contributed by atoms with Gasteiger partial charge >= 0.3 is 5.97 Å². The molecular weight excluding hydrogens is 379 g/mol. The topological polar surface area (TPSA) is 72.2 Å². The summed E-state index contributed by atoms with van der Waals surface area (Å²) < 4.78 is 23.7. The average Bonchev–Trinajstić information content (AvgIpc) is 3.13. The molecule has 0 N–H and O–H groups in total. The minimum atomic E-state index is -0.627. The molecule has 28 heavy (non-hydrogen) atoms. The fraction of sp³-hybridized carbons (Fsp3) is 0.0952. The van der Waals surface area contributed by atoms with Crippen molar-refractivity contribution in [3.63, 3.8) is 0 Å². The van der Waals surface area contributed by atoms with Crippen molar-refractivity contribution in [2.45, 2.75) is 6.92 Å². The largest absolute Gasteiger partial charge is 0.493 e. The average molecular weight is 394 g/mol. The zero-order valence-corrected chi connectivity index (χ0v) is 15.9. The van der Waals surface area contributed by atoms with E-state index in [1.165, 1.54) is 42.7 Å². The van der Waals surface area contributed by atoms with E-state index in [9.17, 15) is 14.4 Å². The molecule has 0 fully saturated rings. The summed E-state index contributed by atoms with van der Waals surface area (Å²) in [5.41, 5.74) is 2.19. The number of allylic oxidation sites excluding steroid dienone is 1. The number of esters is 1. The third-order valence-electron chi connectivity index (χ3n) is 3.75. The molecule has 0 radical (unpaired) electrons. The number of hydrogen-bond donors (Lipinski definition) is 0. The van der Waals surface area contributed by atoms with Gasteiger partial charge in [0.05, 0.1) is 18.2 Å². The first-order chi connectivity index (χ1) is 13.5. The monoisotopic (exact) mass is 394 g/mol. The Hall–Kier alpha value is -3.50. The number of hydrogen-bond acceptors (Lipinski definition) is 6. The fourth-order valence-corrected chi connectivity index (χ4v) is 3.15. The molecule has 3 aromatic rings. The number of aromatic nitrogens is 1. The second-order valence-electron chi connectivity index (χ2n) is 5.77. The van der Waals surface area contributed by atoms with Crippen LogP contribution in [0.25, 0.3) is 11.6 Å². The first-order valence-corrected chi connectivity index (χ1v) is 9.08. The first-order valence-electron chi connectivity index (χ1n) is 8.20. The van der Waals surface area contributed by atoms with Gasteiger partial charge in [-0.1, -0.05) is 6.07 Å². The molecule has 0 aliphatic rings. The van der Waals surface area contributed by atoms with E-state index >= 15 is 0 Å². The van der Waals surface area contributed by atoms with Crippen LogP contribution in [0.5, 0.6) is 11.5 Å². The molecule has 1 heterocycles. The number of rotatable bonds is 5. The number of ether oxygens (including phenoxy) is 2. The van der Waals surface area contributed by atoms with Gasteiger partial charge in [-0.2, -0.15) is 5.26 Å². The van der Waals surface area contributed by atoms with E-state index in [2.05, 4.69) is 11.1 Å². The summed E-state index contributed by atoms with van der Waals surface area (Å²) >= 11 is 1.39. The molecule has 7 heteroatoms. The van der Waals surface area contributed by atoms with E-state index < -0.39 is 11.8 Å². The van der Waals surface area contributed by atoms with E-state index in [0.717, 1.165) is 5.69 Å². The van der Waals surface area contributed by atoms with E-state index in [1.54, 1.807) is 24.3 Å².